The highest BCUT2D eigenvalue weighted by Crippen LogP contribution is 2.53. The Morgan fingerprint density at radius 2 is 1.61 bits per heavy atom. The molecule has 0 bridgehead atoms. The Balaban J connectivity index is 1.86. The van der Waals surface area contributed by atoms with Gasteiger partial charge >= 0.3 is 5.97 Å². The lowest BCUT2D eigenvalue weighted by Gasteiger charge is -2.33. The second-order valence-electron chi connectivity index (χ2n) is 9.94. The molecule has 0 saturated heterocycles. The monoisotopic (exact) mass is 510 g/mol. The van der Waals surface area contributed by atoms with E-state index >= 15 is 0 Å². The molecule has 198 valence electrons. The van der Waals surface area contributed by atoms with Gasteiger partial charge in [0.2, 0.25) is 0 Å². The number of fused-ring (bicyclic) bond motifs is 2. The van der Waals surface area contributed by atoms with Crippen LogP contribution in [0.5, 0.6) is 5.75 Å². The van der Waals surface area contributed by atoms with E-state index in [1.54, 1.807) is 0 Å². The summed E-state index contributed by atoms with van der Waals surface area (Å²) in [6.45, 7) is 14.0. The van der Waals surface area contributed by atoms with Crippen LogP contribution in [-0.2, 0) is 16.9 Å². The van der Waals surface area contributed by atoms with Crippen LogP contribution in [0.2, 0.25) is 0 Å². The summed E-state index contributed by atoms with van der Waals surface area (Å²) in [6, 6.07) is 22.6. The summed E-state index contributed by atoms with van der Waals surface area (Å²) >= 11 is 0. The van der Waals surface area contributed by atoms with Gasteiger partial charge in [0, 0.05) is 64.7 Å². The maximum absolute atomic E-state index is 13.5. The Labute approximate surface area is 226 Å². The first kappa shape index (κ1) is 25.9. The van der Waals surface area contributed by atoms with Gasteiger partial charge < -0.3 is 18.9 Å². The highest BCUT2D eigenvalue weighted by atomic mass is 16.6. The maximum atomic E-state index is 13.5. The van der Waals surface area contributed by atoms with Crippen LogP contribution in [0.3, 0.4) is 0 Å². The third-order valence-electron chi connectivity index (χ3n) is 7.67. The fourth-order valence-corrected chi connectivity index (χ4v) is 6.20. The van der Waals surface area contributed by atoms with E-state index in [0.717, 1.165) is 77.2 Å². The number of para-hydroxylation sites is 1. The summed E-state index contributed by atoms with van der Waals surface area (Å²) in [5.74, 6) is 0.442. The number of carbonyl (C=O) groups is 1. The van der Waals surface area contributed by atoms with Gasteiger partial charge in [-0.1, -0.05) is 50.2 Å². The quantitative estimate of drug-likeness (QED) is 0.208. The number of aryl methyl sites for hydroxylation is 1. The largest absolute Gasteiger partial charge is 0.493 e. The zero-order valence-electron chi connectivity index (χ0n) is 23.2. The first-order chi connectivity index (χ1) is 18.5. The van der Waals surface area contributed by atoms with Crippen molar-refractivity contribution in [3.05, 3.63) is 94.7 Å². The maximum Gasteiger partial charge on any atom is 0.340 e. The standard InChI is InChI=1S/C33H38N2O3/c1-6-20-34(21-7-2)24-18-19-28(30(22-24)37-9-4)33(27-16-12-10-14-25(27)32(36)38-33)31-23(5)35(8-3)29-17-13-11-15-26(29)31/h10-19,22H,6-9,20-21H2,1-5H3. The molecule has 5 nitrogen and oxygen atoms in total. The molecule has 2 heterocycles. The number of benzene rings is 3. The summed E-state index contributed by atoms with van der Waals surface area (Å²) in [5, 5.41) is 1.08. The topological polar surface area (TPSA) is 43.7 Å². The van der Waals surface area contributed by atoms with Crippen LogP contribution in [0.1, 0.15) is 73.3 Å². The summed E-state index contributed by atoms with van der Waals surface area (Å²) in [6.07, 6.45) is 2.13. The molecule has 0 aliphatic carbocycles. The minimum Gasteiger partial charge on any atom is -0.493 e. The lowest BCUT2D eigenvalue weighted by Crippen LogP contribution is -2.31. The summed E-state index contributed by atoms with van der Waals surface area (Å²) in [7, 11) is 0. The molecular weight excluding hydrogens is 472 g/mol. The minimum absolute atomic E-state index is 0.307. The van der Waals surface area contributed by atoms with Crippen molar-refractivity contribution in [2.75, 3.05) is 24.6 Å². The van der Waals surface area contributed by atoms with E-state index in [1.807, 2.05) is 31.2 Å². The molecule has 0 spiro atoms. The molecule has 0 fully saturated rings. The first-order valence-corrected chi connectivity index (χ1v) is 13.9. The molecule has 3 aromatic carbocycles. The number of rotatable bonds is 10. The minimum atomic E-state index is -1.12. The molecule has 1 atom stereocenters. The van der Waals surface area contributed by atoms with E-state index in [4.69, 9.17) is 9.47 Å². The Morgan fingerprint density at radius 3 is 2.32 bits per heavy atom. The van der Waals surface area contributed by atoms with Crippen LogP contribution >= 0.6 is 0 Å². The van der Waals surface area contributed by atoms with Crippen molar-refractivity contribution >= 4 is 22.6 Å². The summed E-state index contributed by atoms with van der Waals surface area (Å²) in [4.78, 5) is 15.9. The number of esters is 1. The SMILES string of the molecule is CCCN(CCC)c1ccc(C2(c3c(C)n(CC)c4ccccc34)OC(=O)c3ccccc32)c(OCC)c1. The van der Waals surface area contributed by atoms with E-state index in [1.165, 1.54) is 0 Å². The van der Waals surface area contributed by atoms with Gasteiger partial charge in [-0.05, 0) is 57.9 Å². The fourth-order valence-electron chi connectivity index (χ4n) is 6.20. The van der Waals surface area contributed by atoms with Crippen molar-refractivity contribution in [1.29, 1.82) is 0 Å². The van der Waals surface area contributed by atoms with Crippen LogP contribution in [0, 0.1) is 6.92 Å². The second-order valence-corrected chi connectivity index (χ2v) is 9.94. The molecule has 1 aliphatic rings. The van der Waals surface area contributed by atoms with Gasteiger partial charge in [-0.3, -0.25) is 0 Å². The molecule has 1 unspecified atom stereocenters. The number of cyclic esters (lactones) is 1. The van der Waals surface area contributed by atoms with Crippen LogP contribution in [0.4, 0.5) is 5.69 Å². The molecule has 38 heavy (non-hydrogen) atoms. The highest BCUT2D eigenvalue weighted by Gasteiger charge is 2.52. The number of hydrogen-bond donors (Lipinski definition) is 0. The van der Waals surface area contributed by atoms with Crippen molar-refractivity contribution in [3.63, 3.8) is 0 Å². The zero-order valence-corrected chi connectivity index (χ0v) is 23.2. The van der Waals surface area contributed by atoms with Crippen molar-refractivity contribution in [2.45, 2.75) is 59.6 Å². The number of nitrogens with zero attached hydrogens (tertiary/aromatic N) is 2. The van der Waals surface area contributed by atoms with E-state index < -0.39 is 5.60 Å². The molecule has 0 saturated carbocycles. The van der Waals surface area contributed by atoms with Gasteiger partial charge in [-0.15, -0.1) is 0 Å². The third kappa shape index (κ3) is 3.96. The average molecular weight is 511 g/mol. The number of anilines is 1. The lowest BCUT2D eigenvalue weighted by molar-refractivity contribution is 0.0246. The molecule has 4 aromatic rings. The van der Waals surface area contributed by atoms with Gasteiger partial charge in [0.1, 0.15) is 5.75 Å². The average Bonchev–Trinajstić information content (AvgIpc) is 3.39. The van der Waals surface area contributed by atoms with Crippen molar-refractivity contribution < 1.29 is 14.3 Å². The molecule has 1 aromatic heterocycles. The van der Waals surface area contributed by atoms with E-state index in [0.29, 0.717) is 12.2 Å². The number of hydrogen-bond acceptors (Lipinski definition) is 4. The number of carbonyl (C=O) groups excluding carboxylic acids is 1. The van der Waals surface area contributed by atoms with Crippen LogP contribution in [-0.4, -0.2) is 30.2 Å². The fraction of sp³-hybridized carbons (Fsp3) is 0.364. The summed E-state index contributed by atoms with van der Waals surface area (Å²) < 4.78 is 15.2. The zero-order chi connectivity index (χ0) is 26.9. The summed E-state index contributed by atoms with van der Waals surface area (Å²) in [5.41, 5.74) is 5.54. The van der Waals surface area contributed by atoms with Gasteiger partial charge in [0.15, 0.2) is 5.60 Å². The Morgan fingerprint density at radius 1 is 0.895 bits per heavy atom. The van der Waals surface area contributed by atoms with E-state index in [2.05, 4.69) is 79.6 Å². The van der Waals surface area contributed by atoms with Gasteiger partial charge in [-0.2, -0.15) is 0 Å². The first-order valence-electron chi connectivity index (χ1n) is 13.9. The predicted molar refractivity (Wildman–Crippen MR) is 154 cm³/mol. The Hall–Kier alpha value is -3.73. The van der Waals surface area contributed by atoms with Crippen molar-refractivity contribution in [3.8, 4) is 5.75 Å². The molecular formula is C33H38N2O3. The Bertz CT molecular complexity index is 1460. The molecule has 0 radical (unpaired) electrons. The molecule has 0 amide bonds. The van der Waals surface area contributed by atoms with Gasteiger partial charge in [0.05, 0.1) is 12.2 Å². The van der Waals surface area contributed by atoms with Gasteiger partial charge in [0.25, 0.3) is 0 Å². The van der Waals surface area contributed by atoms with Gasteiger partial charge in [-0.25, -0.2) is 4.79 Å². The lowest BCUT2D eigenvalue weighted by atomic mass is 9.78. The van der Waals surface area contributed by atoms with E-state index in [-0.39, 0.29) is 5.97 Å². The smallest absolute Gasteiger partial charge is 0.340 e. The normalized spacial score (nSPS) is 16.5. The van der Waals surface area contributed by atoms with Crippen molar-refractivity contribution in [2.24, 2.45) is 0 Å². The van der Waals surface area contributed by atoms with E-state index in [9.17, 15) is 4.79 Å². The van der Waals surface area contributed by atoms with Crippen LogP contribution in [0.15, 0.2) is 66.7 Å². The number of ether oxygens (including phenoxy) is 2. The molecule has 0 N–H and O–H groups in total. The highest BCUT2D eigenvalue weighted by molar-refractivity contribution is 5.99. The number of aromatic nitrogens is 1. The third-order valence-corrected chi connectivity index (χ3v) is 7.67. The molecule has 1 aliphatic heterocycles. The van der Waals surface area contributed by atoms with Crippen molar-refractivity contribution in [1.82, 2.24) is 4.57 Å². The Kier molecular flexibility index (Phi) is 7.20. The van der Waals surface area contributed by atoms with Crippen LogP contribution < -0.4 is 9.64 Å². The molecule has 5 rings (SSSR count). The second kappa shape index (κ2) is 10.6. The predicted octanol–water partition coefficient (Wildman–Crippen LogP) is 7.46. The molecule has 5 heteroatoms. The van der Waals surface area contributed by atoms with Crippen LogP contribution in [0.25, 0.3) is 10.9 Å².